The Balaban J connectivity index is 1.66. The van der Waals surface area contributed by atoms with Crippen LogP contribution < -0.4 is 0 Å². The van der Waals surface area contributed by atoms with Gasteiger partial charge in [-0.25, -0.2) is 0 Å². The molecule has 2 saturated heterocycles. The highest BCUT2D eigenvalue weighted by Gasteiger charge is 2.42. The Morgan fingerprint density at radius 3 is 2.77 bits per heavy atom. The molecule has 2 aliphatic heterocycles. The number of amides is 2. The standard InChI is InChI=1S/C16H21N3O3/c1-13(20)18-8-5-16(6-9-18)12-19(15(21)11-22-16)10-14-4-2-3-7-17-14/h2-4,7H,5-6,8-12H2,1H3. The molecule has 2 amide bonds. The molecule has 0 N–H and O–H groups in total. The lowest BCUT2D eigenvalue weighted by molar-refractivity contribution is -0.174. The molecule has 0 bridgehead atoms. The molecule has 2 fully saturated rings. The number of morpholine rings is 1. The number of likely N-dealkylation sites (tertiary alicyclic amines) is 1. The predicted octanol–water partition coefficient (Wildman–Crippen LogP) is 0.821. The maximum absolute atomic E-state index is 12.1. The van der Waals surface area contributed by atoms with Crippen LogP contribution in [0.4, 0.5) is 0 Å². The number of hydrogen-bond donors (Lipinski definition) is 0. The molecule has 0 atom stereocenters. The smallest absolute Gasteiger partial charge is 0.249 e. The molecule has 1 aromatic heterocycles. The first-order valence-electron chi connectivity index (χ1n) is 7.65. The van der Waals surface area contributed by atoms with Crippen molar-refractivity contribution in [1.29, 1.82) is 0 Å². The van der Waals surface area contributed by atoms with Gasteiger partial charge in [-0.1, -0.05) is 6.07 Å². The number of nitrogens with zero attached hydrogens (tertiary/aromatic N) is 3. The third kappa shape index (κ3) is 3.11. The quantitative estimate of drug-likeness (QED) is 0.811. The molecule has 3 heterocycles. The molecule has 2 aliphatic rings. The van der Waals surface area contributed by atoms with E-state index in [9.17, 15) is 9.59 Å². The number of carbonyl (C=O) groups is 2. The van der Waals surface area contributed by atoms with Crippen molar-refractivity contribution in [1.82, 2.24) is 14.8 Å². The lowest BCUT2D eigenvalue weighted by Crippen LogP contribution is -2.58. The zero-order chi connectivity index (χ0) is 15.6. The molecule has 1 spiro atoms. The second kappa shape index (κ2) is 6.04. The number of pyridine rings is 1. The summed E-state index contributed by atoms with van der Waals surface area (Å²) >= 11 is 0. The summed E-state index contributed by atoms with van der Waals surface area (Å²) in [6.07, 6.45) is 3.29. The average molecular weight is 303 g/mol. The molecule has 6 nitrogen and oxygen atoms in total. The third-order valence-corrected chi connectivity index (χ3v) is 4.53. The Morgan fingerprint density at radius 1 is 1.36 bits per heavy atom. The van der Waals surface area contributed by atoms with E-state index < -0.39 is 0 Å². The lowest BCUT2D eigenvalue weighted by Gasteiger charge is -2.46. The molecule has 22 heavy (non-hydrogen) atoms. The van der Waals surface area contributed by atoms with Crippen molar-refractivity contribution in [2.24, 2.45) is 0 Å². The molecule has 1 aromatic rings. The zero-order valence-electron chi connectivity index (χ0n) is 12.8. The summed E-state index contributed by atoms with van der Waals surface area (Å²) in [4.78, 5) is 31.5. The molecular formula is C16H21N3O3. The second-order valence-electron chi connectivity index (χ2n) is 6.05. The van der Waals surface area contributed by atoms with E-state index >= 15 is 0 Å². The fourth-order valence-corrected chi connectivity index (χ4v) is 3.15. The van der Waals surface area contributed by atoms with Gasteiger partial charge in [0.1, 0.15) is 6.61 Å². The van der Waals surface area contributed by atoms with Gasteiger partial charge in [-0.15, -0.1) is 0 Å². The summed E-state index contributed by atoms with van der Waals surface area (Å²) in [5.41, 5.74) is 0.573. The van der Waals surface area contributed by atoms with Gasteiger partial charge in [0, 0.05) is 26.2 Å². The van der Waals surface area contributed by atoms with Crippen LogP contribution in [0.3, 0.4) is 0 Å². The molecule has 118 valence electrons. The van der Waals surface area contributed by atoms with Gasteiger partial charge in [-0.2, -0.15) is 0 Å². The van der Waals surface area contributed by atoms with Crippen molar-refractivity contribution in [3.63, 3.8) is 0 Å². The summed E-state index contributed by atoms with van der Waals surface area (Å²) < 4.78 is 5.87. The number of ether oxygens (including phenoxy) is 1. The Labute approximate surface area is 130 Å². The van der Waals surface area contributed by atoms with Crippen LogP contribution in [0.15, 0.2) is 24.4 Å². The Bertz CT molecular complexity index is 553. The van der Waals surface area contributed by atoms with E-state index in [0.29, 0.717) is 26.2 Å². The van der Waals surface area contributed by atoms with Crippen LogP contribution in [0, 0.1) is 0 Å². The monoisotopic (exact) mass is 303 g/mol. The van der Waals surface area contributed by atoms with Crippen LogP contribution in [0.5, 0.6) is 0 Å². The Kier molecular flexibility index (Phi) is 4.11. The fraction of sp³-hybridized carbons (Fsp3) is 0.562. The largest absolute Gasteiger partial charge is 0.363 e. The first-order valence-corrected chi connectivity index (χ1v) is 7.65. The Morgan fingerprint density at radius 2 is 2.14 bits per heavy atom. The minimum atomic E-state index is -0.311. The van der Waals surface area contributed by atoms with Crippen molar-refractivity contribution in [2.75, 3.05) is 26.2 Å². The summed E-state index contributed by atoms with van der Waals surface area (Å²) in [6.45, 7) is 4.20. The average Bonchev–Trinajstić information content (AvgIpc) is 2.53. The number of rotatable bonds is 2. The van der Waals surface area contributed by atoms with Crippen LogP contribution in [0.2, 0.25) is 0 Å². The van der Waals surface area contributed by atoms with E-state index in [1.54, 1.807) is 13.1 Å². The number of aromatic nitrogens is 1. The van der Waals surface area contributed by atoms with E-state index in [1.165, 1.54) is 0 Å². The minimum absolute atomic E-state index is 0.00488. The van der Waals surface area contributed by atoms with Crippen LogP contribution in [-0.4, -0.2) is 58.4 Å². The van der Waals surface area contributed by atoms with E-state index in [4.69, 9.17) is 4.74 Å². The predicted molar refractivity (Wildman–Crippen MR) is 79.8 cm³/mol. The molecule has 0 aromatic carbocycles. The highest BCUT2D eigenvalue weighted by Crippen LogP contribution is 2.31. The molecule has 0 radical (unpaired) electrons. The summed E-state index contributed by atoms with van der Waals surface area (Å²) in [6, 6.07) is 5.71. The van der Waals surface area contributed by atoms with Crippen LogP contribution in [0.25, 0.3) is 0 Å². The van der Waals surface area contributed by atoms with Crippen LogP contribution >= 0.6 is 0 Å². The molecule has 0 unspecified atom stereocenters. The van der Waals surface area contributed by atoms with Crippen molar-refractivity contribution in [3.05, 3.63) is 30.1 Å². The normalized spacial score (nSPS) is 21.2. The SMILES string of the molecule is CC(=O)N1CCC2(CC1)CN(Cc1ccccn1)C(=O)CO2. The Hall–Kier alpha value is -1.95. The minimum Gasteiger partial charge on any atom is -0.363 e. The van der Waals surface area contributed by atoms with Gasteiger partial charge in [0.2, 0.25) is 11.8 Å². The zero-order valence-corrected chi connectivity index (χ0v) is 12.8. The van der Waals surface area contributed by atoms with Gasteiger partial charge in [0.05, 0.1) is 24.4 Å². The van der Waals surface area contributed by atoms with E-state index in [2.05, 4.69) is 4.98 Å². The van der Waals surface area contributed by atoms with Crippen molar-refractivity contribution >= 4 is 11.8 Å². The number of carbonyl (C=O) groups excluding carboxylic acids is 2. The first kappa shape index (κ1) is 15.0. The second-order valence-corrected chi connectivity index (χ2v) is 6.05. The molecule has 6 heteroatoms. The maximum atomic E-state index is 12.1. The van der Waals surface area contributed by atoms with Gasteiger partial charge in [0.15, 0.2) is 0 Å². The molecule has 0 saturated carbocycles. The highest BCUT2D eigenvalue weighted by molar-refractivity contribution is 5.78. The van der Waals surface area contributed by atoms with Gasteiger partial charge in [0.25, 0.3) is 0 Å². The first-order chi connectivity index (χ1) is 10.6. The van der Waals surface area contributed by atoms with Gasteiger partial charge in [-0.3, -0.25) is 14.6 Å². The summed E-state index contributed by atoms with van der Waals surface area (Å²) in [7, 11) is 0. The fourth-order valence-electron chi connectivity index (χ4n) is 3.15. The number of hydrogen-bond acceptors (Lipinski definition) is 4. The van der Waals surface area contributed by atoms with Gasteiger partial charge >= 0.3 is 0 Å². The molecule has 3 rings (SSSR count). The molecule has 0 aliphatic carbocycles. The lowest BCUT2D eigenvalue weighted by atomic mass is 9.89. The van der Waals surface area contributed by atoms with Crippen molar-refractivity contribution < 1.29 is 14.3 Å². The van der Waals surface area contributed by atoms with Gasteiger partial charge < -0.3 is 14.5 Å². The summed E-state index contributed by atoms with van der Waals surface area (Å²) in [5, 5.41) is 0. The van der Waals surface area contributed by atoms with Crippen molar-refractivity contribution in [2.45, 2.75) is 31.9 Å². The van der Waals surface area contributed by atoms with Crippen LogP contribution in [0.1, 0.15) is 25.5 Å². The van der Waals surface area contributed by atoms with E-state index in [1.807, 2.05) is 28.0 Å². The maximum Gasteiger partial charge on any atom is 0.249 e. The molecular weight excluding hydrogens is 282 g/mol. The number of piperidine rings is 1. The third-order valence-electron chi connectivity index (χ3n) is 4.53. The van der Waals surface area contributed by atoms with Gasteiger partial charge in [-0.05, 0) is 25.0 Å². The van der Waals surface area contributed by atoms with E-state index in [-0.39, 0.29) is 24.0 Å². The topological polar surface area (TPSA) is 62.7 Å². The van der Waals surface area contributed by atoms with E-state index in [0.717, 1.165) is 18.5 Å². The summed E-state index contributed by atoms with van der Waals surface area (Å²) in [5.74, 6) is 0.109. The highest BCUT2D eigenvalue weighted by atomic mass is 16.5. The van der Waals surface area contributed by atoms with Crippen molar-refractivity contribution in [3.8, 4) is 0 Å². The van der Waals surface area contributed by atoms with Crippen LogP contribution in [-0.2, 0) is 20.9 Å².